The molecule has 25 heavy (non-hydrogen) atoms. The van der Waals surface area contributed by atoms with Gasteiger partial charge in [-0.3, -0.25) is 0 Å². The topological polar surface area (TPSA) is 50.2 Å². The highest BCUT2D eigenvalue weighted by Gasteiger charge is 2.12. The quantitative estimate of drug-likeness (QED) is 0.549. The number of carboxylic acid groups (broad SMARTS) is 1. The molecule has 3 nitrogen and oxygen atoms in total. The van der Waals surface area contributed by atoms with E-state index in [4.69, 9.17) is 4.98 Å². The molecule has 0 fully saturated rings. The van der Waals surface area contributed by atoms with Crippen LogP contribution >= 0.6 is 11.3 Å². The first-order valence-corrected chi connectivity index (χ1v) is 8.78. The first-order valence-electron chi connectivity index (χ1n) is 7.97. The van der Waals surface area contributed by atoms with Crippen molar-refractivity contribution in [1.82, 2.24) is 4.98 Å². The Morgan fingerprint density at radius 2 is 1.68 bits per heavy atom. The van der Waals surface area contributed by atoms with Gasteiger partial charge in [0.25, 0.3) is 0 Å². The average molecular weight is 345 g/mol. The third-order valence-corrected chi connectivity index (χ3v) is 5.16. The van der Waals surface area contributed by atoms with E-state index in [-0.39, 0.29) is 0 Å². The number of aromatic carboxylic acids is 1. The largest absolute Gasteiger partial charge is 0.478 e. The van der Waals surface area contributed by atoms with E-state index in [1.54, 1.807) is 23.5 Å². The molecule has 0 aliphatic heterocycles. The normalized spacial score (nSPS) is 10.9. The molecule has 0 atom stereocenters. The molecule has 4 aromatic rings. The maximum absolute atomic E-state index is 11.4. The van der Waals surface area contributed by atoms with Gasteiger partial charge in [0.1, 0.15) is 0 Å². The van der Waals surface area contributed by atoms with Crippen LogP contribution in [0.5, 0.6) is 0 Å². The molecular weight excluding hydrogens is 330 g/mol. The van der Waals surface area contributed by atoms with E-state index in [0.29, 0.717) is 12.0 Å². The van der Waals surface area contributed by atoms with E-state index in [1.807, 2.05) is 30.3 Å². The van der Waals surface area contributed by atoms with Crippen LogP contribution in [0.3, 0.4) is 0 Å². The summed E-state index contributed by atoms with van der Waals surface area (Å²) in [5.41, 5.74) is 4.38. The minimum atomic E-state index is -0.900. The molecular formula is C21H15NO2S. The Bertz CT molecular complexity index is 1050. The molecule has 122 valence electrons. The maximum Gasteiger partial charge on any atom is 0.335 e. The van der Waals surface area contributed by atoms with Gasteiger partial charge in [-0.05, 0) is 34.9 Å². The first kappa shape index (κ1) is 15.5. The van der Waals surface area contributed by atoms with Gasteiger partial charge in [-0.15, -0.1) is 11.3 Å². The van der Waals surface area contributed by atoms with Crippen molar-refractivity contribution in [3.8, 4) is 11.1 Å². The standard InChI is InChI=1S/C21H15NO2S/c23-21(24)17-9-5-4-8-16(17)13-20-22-18-12-15(10-11-19(18)25-20)14-6-2-1-3-7-14/h1-12H,13H2,(H,23,24). The zero-order chi connectivity index (χ0) is 17.2. The van der Waals surface area contributed by atoms with Gasteiger partial charge in [0.15, 0.2) is 0 Å². The van der Waals surface area contributed by atoms with Crippen molar-refractivity contribution in [2.45, 2.75) is 6.42 Å². The third kappa shape index (κ3) is 3.16. The number of hydrogen-bond acceptors (Lipinski definition) is 3. The molecule has 0 spiro atoms. The predicted molar refractivity (Wildman–Crippen MR) is 101 cm³/mol. The lowest BCUT2D eigenvalue weighted by atomic mass is 10.0. The van der Waals surface area contributed by atoms with Crippen molar-refractivity contribution in [2.75, 3.05) is 0 Å². The highest BCUT2D eigenvalue weighted by molar-refractivity contribution is 7.18. The minimum absolute atomic E-state index is 0.340. The van der Waals surface area contributed by atoms with Gasteiger partial charge < -0.3 is 5.11 Å². The molecule has 0 aliphatic rings. The Kier molecular flexibility index (Phi) is 4.04. The van der Waals surface area contributed by atoms with Crippen LogP contribution < -0.4 is 0 Å². The molecule has 3 aromatic carbocycles. The van der Waals surface area contributed by atoms with Crippen LogP contribution in [-0.4, -0.2) is 16.1 Å². The summed E-state index contributed by atoms with van der Waals surface area (Å²) in [6.45, 7) is 0. The second-order valence-corrected chi connectivity index (χ2v) is 6.91. The zero-order valence-corrected chi connectivity index (χ0v) is 14.2. The Morgan fingerprint density at radius 3 is 2.48 bits per heavy atom. The lowest BCUT2D eigenvalue weighted by molar-refractivity contribution is 0.0696. The van der Waals surface area contributed by atoms with Crippen molar-refractivity contribution in [3.63, 3.8) is 0 Å². The van der Waals surface area contributed by atoms with Gasteiger partial charge in [-0.25, -0.2) is 9.78 Å². The fourth-order valence-corrected chi connectivity index (χ4v) is 3.88. The van der Waals surface area contributed by atoms with Gasteiger partial charge in [0, 0.05) is 6.42 Å². The number of aromatic nitrogens is 1. The van der Waals surface area contributed by atoms with E-state index < -0.39 is 5.97 Å². The molecule has 0 amide bonds. The highest BCUT2D eigenvalue weighted by atomic mass is 32.1. The van der Waals surface area contributed by atoms with Crippen molar-refractivity contribution >= 4 is 27.5 Å². The fraction of sp³-hybridized carbons (Fsp3) is 0.0476. The van der Waals surface area contributed by atoms with Crippen LogP contribution in [0.15, 0.2) is 72.8 Å². The molecule has 4 heteroatoms. The van der Waals surface area contributed by atoms with E-state index in [1.165, 1.54) is 0 Å². The number of carboxylic acids is 1. The highest BCUT2D eigenvalue weighted by Crippen LogP contribution is 2.29. The van der Waals surface area contributed by atoms with Crippen LogP contribution in [-0.2, 0) is 6.42 Å². The van der Waals surface area contributed by atoms with Crippen LogP contribution in [0.25, 0.3) is 21.3 Å². The third-order valence-electron chi connectivity index (χ3n) is 4.13. The lowest BCUT2D eigenvalue weighted by Gasteiger charge is -2.02. The monoisotopic (exact) mass is 345 g/mol. The van der Waals surface area contributed by atoms with Crippen LogP contribution in [0, 0.1) is 0 Å². The Morgan fingerprint density at radius 1 is 0.920 bits per heavy atom. The summed E-state index contributed by atoms with van der Waals surface area (Å²) in [7, 11) is 0. The van der Waals surface area contributed by atoms with Gasteiger partial charge in [0.05, 0.1) is 20.8 Å². The Labute approximate surface area is 149 Å². The second-order valence-electron chi connectivity index (χ2n) is 5.80. The summed E-state index contributed by atoms with van der Waals surface area (Å²) < 4.78 is 1.11. The van der Waals surface area contributed by atoms with E-state index >= 15 is 0 Å². The molecule has 4 rings (SSSR count). The van der Waals surface area contributed by atoms with Gasteiger partial charge in [-0.1, -0.05) is 54.6 Å². The maximum atomic E-state index is 11.4. The number of benzene rings is 3. The first-order chi connectivity index (χ1) is 12.2. The molecule has 1 N–H and O–H groups in total. The van der Waals surface area contributed by atoms with Crippen molar-refractivity contribution in [1.29, 1.82) is 0 Å². The molecule has 0 aliphatic carbocycles. The summed E-state index contributed by atoms with van der Waals surface area (Å²) in [4.78, 5) is 16.1. The van der Waals surface area contributed by atoms with Gasteiger partial charge in [0.2, 0.25) is 0 Å². The van der Waals surface area contributed by atoms with Gasteiger partial charge >= 0.3 is 5.97 Å². The van der Waals surface area contributed by atoms with Crippen molar-refractivity contribution in [2.24, 2.45) is 0 Å². The minimum Gasteiger partial charge on any atom is -0.478 e. The predicted octanol–water partition coefficient (Wildman–Crippen LogP) is 5.25. The molecule has 1 heterocycles. The van der Waals surface area contributed by atoms with Crippen molar-refractivity contribution < 1.29 is 9.90 Å². The summed E-state index contributed by atoms with van der Waals surface area (Å²) in [5.74, 6) is -0.900. The molecule has 0 saturated heterocycles. The fourth-order valence-electron chi connectivity index (χ4n) is 2.91. The van der Waals surface area contributed by atoms with E-state index in [0.717, 1.165) is 31.9 Å². The summed E-state index contributed by atoms with van der Waals surface area (Å²) in [6.07, 6.45) is 0.530. The lowest BCUT2D eigenvalue weighted by Crippen LogP contribution is -2.02. The zero-order valence-electron chi connectivity index (χ0n) is 13.3. The average Bonchev–Trinajstić information content (AvgIpc) is 3.04. The van der Waals surface area contributed by atoms with Gasteiger partial charge in [-0.2, -0.15) is 0 Å². The number of nitrogens with zero attached hydrogens (tertiary/aromatic N) is 1. The SMILES string of the molecule is O=C(O)c1ccccc1Cc1nc2cc(-c3ccccc3)ccc2s1. The van der Waals surface area contributed by atoms with Crippen molar-refractivity contribution in [3.05, 3.63) is 88.9 Å². The molecule has 0 unspecified atom stereocenters. The number of rotatable bonds is 4. The molecule has 1 aromatic heterocycles. The second kappa shape index (κ2) is 6.49. The Hall–Kier alpha value is -2.98. The summed E-state index contributed by atoms with van der Waals surface area (Å²) >= 11 is 1.61. The number of thiazole rings is 1. The molecule has 0 bridgehead atoms. The molecule has 0 saturated carbocycles. The Balaban J connectivity index is 1.69. The van der Waals surface area contributed by atoms with Crippen LogP contribution in [0.1, 0.15) is 20.9 Å². The summed E-state index contributed by atoms with van der Waals surface area (Å²) in [5, 5.41) is 10.3. The summed E-state index contributed by atoms with van der Waals surface area (Å²) in [6, 6.07) is 23.6. The van der Waals surface area contributed by atoms with E-state index in [2.05, 4.69) is 30.3 Å². The number of fused-ring (bicyclic) bond motifs is 1. The van der Waals surface area contributed by atoms with Crippen LogP contribution in [0.4, 0.5) is 0 Å². The number of hydrogen-bond donors (Lipinski definition) is 1. The molecule has 0 radical (unpaired) electrons. The van der Waals surface area contributed by atoms with Crippen LogP contribution in [0.2, 0.25) is 0 Å². The smallest absolute Gasteiger partial charge is 0.335 e. The van der Waals surface area contributed by atoms with E-state index in [9.17, 15) is 9.90 Å². The number of carbonyl (C=O) groups is 1.